The molecule has 0 aliphatic carbocycles. The van der Waals surface area contributed by atoms with E-state index in [1.165, 1.54) is 17.1 Å². The van der Waals surface area contributed by atoms with Gasteiger partial charge >= 0.3 is 5.69 Å². The van der Waals surface area contributed by atoms with Gasteiger partial charge in [-0.25, -0.2) is 0 Å². The Labute approximate surface area is 124 Å². The van der Waals surface area contributed by atoms with Crippen molar-refractivity contribution in [3.8, 4) is 0 Å². The second-order valence-electron chi connectivity index (χ2n) is 5.92. The van der Waals surface area contributed by atoms with Crippen LogP contribution >= 0.6 is 0 Å². The Hall–Kier alpha value is -1.51. The van der Waals surface area contributed by atoms with Crippen LogP contribution in [-0.2, 0) is 6.54 Å². The van der Waals surface area contributed by atoms with Crippen molar-refractivity contribution in [2.45, 2.75) is 38.6 Å². The molecule has 1 aromatic rings. The molecule has 0 spiro atoms. The van der Waals surface area contributed by atoms with E-state index >= 15 is 0 Å². The van der Waals surface area contributed by atoms with E-state index in [1.807, 2.05) is 0 Å². The van der Waals surface area contributed by atoms with Crippen LogP contribution in [0.15, 0.2) is 12.4 Å². The lowest BCUT2D eigenvalue weighted by atomic mass is 10.1. The van der Waals surface area contributed by atoms with Gasteiger partial charge in [0.05, 0.1) is 17.6 Å². The first-order chi connectivity index (χ1) is 9.86. The van der Waals surface area contributed by atoms with Crippen LogP contribution in [0.25, 0.3) is 0 Å². The summed E-state index contributed by atoms with van der Waals surface area (Å²) >= 11 is 0. The molecule has 2 heterocycles. The molecule has 0 radical (unpaired) electrons. The SMILES string of the molecule is C[C@@H]1CN(C[C@H](O)Cn2cc([N+](=O)[O-])cn2)[C@H](C)CN1C. The summed E-state index contributed by atoms with van der Waals surface area (Å²) in [5.74, 6) is 0. The third-order valence-corrected chi connectivity index (χ3v) is 4.10. The molecule has 0 aromatic carbocycles. The maximum atomic E-state index is 10.6. The first kappa shape index (κ1) is 15.9. The summed E-state index contributed by atoms with van der Waals surface area (Å²) in [6, 6.07) is 0.840. The number of aliphatic hydroxyl groups is 1. The molecule has 1 aromatic heterocycles. The highest BCUT2D eigenvalue weighted by molar-refractivity contribution is 5.20. The molecule has 1 saturated heterocycles. The Kier molecular flexibility index (Phi) is 4.92. The van der Waals surface area contributed by atoms with E-state index in [4.69, 9.17) is 0 Å². The molecule has 1 aliphatic rings. The van der Waals surface area contributed by atoms with E-state index in [2.05, 4.69) is 35.8 Å². The van der Waals surface area contributed by atoms with E-state index in [1.54, 1.807) is 0 Å². The lowest BCUT2D eigenvalue weighted by Gasteiger charge is -2.43. The van der Waals surface area contributed by atoms with Crippen LogP contribution in [0.4, 0.5) is 5.69 Å². The number of nitrogens with zero attached hydrogens (tertiary/aromatic N) is 5. The standard InChI is InChI=1S/C13H23N5O3/c1-10-6-16(11(2)5-15(10)3)8-13(19)9-17-7-12(4-14-17)18(20)21/h4,7,10-11,13,19H,5-6,8-9H2,1-3H3/t10-,11-,13+/m1/s1. The van der Waals surface area contributed by atoms with Crippen molar-refractivity contribution in [2.24, 2.45) is 0 Å². The van der Waals surface area contributed by atoms with Gasteiger partial charge in [-0.3, -0.25) is 19.7 Å². The number of piperazine rings is 1. The van der Waals surface area contributed by atoms with Gasteiger partial charge in [0.15, 0.2) is 0 Å². The smallest absolute Gasteiger partial charge is 0.306 e. The average Bonchev–Trinajstić information content (AvgIpc) is 2.84. The zero-order valence-corrected chi connectivity index (χ0v) is 12.7. The Morgan fingerprint density at radius 1 is 1.43 bits per heavy atom. The maximum absolute atomic E-state index is 10.6. The third-order valence-electron chi connectivity index (χ3n) is 4.10. The fourth-order valence-corrected chi connectivity index (χ4v) is 2.72. The Morgan fingerprint density at radius 3 is 2.76 bits per heavy atom. The molecule has 118 valence electrons. The fraction of sp³-hybridized carbons (Fsp3) is 0.769. The van der Waals surface area contributed by atoms with E-state index < -0.39 is 11.0 Å². The minimum atomic E-state index is -0.595. The molecular weight excluding hydrogens is 274 g/mol. The van der Waals surface area contributed by atoms with Crippen molar-refractivity contribution in [1.29, 1.82) is 0 Å². The molecule has 0 unspecified atom stereocenters. The van der Waals surface area contributed by atoms with Crippen molar-refractivity contribution >= 4 is 5.69 Å². The fourth-order valence-electron chi connectivity index (χ4n) is 2.72. The summed E-state index contributed by atoms with van der Waals surface area (Å²) in [6.07, 6.45) is 1.95. The van der Waals surface area contributed by atoms with Crippen LogP contribution in [0.5, 0.6) is 0 Å². The minimum Gasteiger partial charge on any atom is -0.390 e. The van der Waals surface area contributed by atoms with Crippen LogP contribution in [-0.4, -0.2) is 74.5 Å². The van der Waals surface area contributed by atoms with Crippen LogP contribution < -0.4 is 0 Å². The van der Waals surface area contributed by atoms with Gasteiger partial charge in [0.2, 0.25) is 0 Å². The first-order valence-electron chi connectivity index (χ1n) is 7.16. The Balaban J connectivity index is 1.88. The van der Waals surface area contributed by atoms with Gasteiger partial charge in [-0.15, -0.1) is 0 Å². The molecule has 0 amide bonds. The highest BCUT2D eigenvalue weighted by Gasteiger charge is 2.28. The van der Waals surface area contributed by atoms with Crippen molar-refractivity contribution in [3.05, 3.63) is 22.5 Å². The van der Waals surface area contributed by atoms with E-state index in [0.29, 0.717) is 18.6 Å². The largest absolute Gasteiger partial charge is 0.390 e. The number of aliphatic hydroxyl groups excluding tert-OH is 1. The lowest BCUT2D eigenvalue weighted by molar-refractivity contribution is -0.385. The summed E-state index contributed by atoms with van der Waals surface area (Å²) in [5.41, 5.74) is -0.0520. The molecule has 3 atom stereocenters. The predicted octanol–water partition coefficient (Wildman–Crippen LogP) is 0.177. The Bertz CT molecular complexity index is 492. The summed E-state index contributed by atoms with van der Waals surface area (Å²) in [4.78, 5) is 14.7. The van der Waals surface area contributed by atoms with Gasteiger partial charge in [-0.1, -0.05) is 0 Å². The van der Waals surface area contributed by atoms with Crippen LogP contribution in [0.2, 0.25) is 0 Å². The van der Waals surface area contributed by atoms with Crippen LogP contribution in [0, 0.1) is 10.1 Å². The zero-order chi connectivity index (χ0) is 15.6. The topological polar surface area (TPSA) is 87.7 Å². The molecule has 1 aliphatic heterocycles. The van der Waals surface area contributed by atoms with Gasteiger partial charge in [0.25, 0.3) is 0 Å². The van der Waals surface area contributed by atoms with Crippen molar-refractivity contribution in [3.63, 3.8) is 0 Å². The monoisotopic (exact) mass is 297 g/mol. The van der Waals surface area contributed by atoms with E-state index in [9.17, 15) is 15.2 Å². The number of hydrogen-bond donors (Lipinski definition) is 1. The van der Waals surface area contributed by atoms with E-state index in [0.717, 1.165) is 13.1 Å². The molecule has 1 N–H and O–H groups in total. The molecule has 0 saturated carbocycles. The van der Waals surface area contributed by atoms with Crippen LogP contribution in [0.3, 0.4) is 0 Å². The molecule has 8 nitrogen and oxygen atoms in total. The summed E-state index contributed by atoms with van der Waals surface area (Å²) in [7, 11) is 2.11. The zero-order valence-electron chi connectivity index (χ0n) is 12.7. The first-order valence-corrected chi connectivity index (χ1v) is 7.16. The molecular formula is C13H23N5O3. The van der Waals surface area contributed by atoms with Crippen LogP contribution in [0.1, 0.15) is 13.8 Å². The molecule has 2 rings (SSSR count). The summed E-state index contributed by atoms with van der Waals surface area (Å²) < 4.78 is 1.42. The van der Waals surface area contributed by atoms with Crippen molar-refractivity contribution in [1.82, 2.24) is 19.6 Å². The lowest BCUT2D eigenvalue weighted by Crippen LogP contribution is -2.56. The average molecular weight is 297 g/mol. The van der Waals surface area contributed by atoms with E-state index in [-0.39, 0.29) is 12.2 Å². The quantitative estimate of drug-likeness (QED) is 0.616. The molecule has 8 heteroatoms. The minimum absolute atomic E-state index is 0.0520. The van der Waals surface area contributed by atoms with Gasteiger partial charge in [0.1, 0.15) is 12.4 Å². The number of aromatic nitrogens is 2. The molecule has 1 fully saturated rings. The summed E-state index contributed by atoms with van der Waals surface area (Å²) in [5, 5.41) is 24.7. The third kappa shape index (κ3) is 3.99. The van der Waals surface area contributed by atoms with Crippen molar-refractivity contribution in [2.75, 3.05) is 26.7 Å². The number of rotatable bonds is 5. The number of nitro groups is 1. The number of hydrogen-bond acceptors (Lipinski definition) is 6. The maximum Gasteiger partial charge on any atom is 0.306 e. The number of likely N-dealkylation sites (N-methyl/N-ethyl adjacent to an activating group) is 1. The second-order valence-corrected chi connectivity index (χ2v) is 5.92. The molecule has 21 heavy (non-hydrogen) atoms. The molecule has 0 bridgehead atoms. The highest BCUT2D eigenvalue weighted by Crippen LogP contribution is 2.14. The highest BCUT2D eigenvalue weighted by atomic mass is 16.6. The van der Waals surface area contributed by atoms with Gasteiger partial charge in [0, 0.05) is 31.7 Å². The Morgan fingerprint density at radius 2 is 2.14 bits per heavy atom. The van der Waals surface area contributed by atoms with Gasteiger partial charge < -0.3 is 10.0 Å². The van der Waals surface area contributed by atoms with Gasteiger partial charge in [-0.05, 0) is 20.9 Å². The second kappa shape index (κ2) is 6.50. The van der Waals surface area contributed by atoms with Gasteiger partial charge in [-0.2, -0.15) is 5.10 Å². The van der Waals surface area contributed by atoms with Crippen molar-refractivity contribution < 1.29 is 10.0 Å². The normalized spacial score (nSPS) is 25.9. The predicted molar refractivity (Wildman–Crippen MR) is 78.0 cm³/mol. The number of β-amino-alcohol motifs (C(OH)–C–C–N with tert-alkyl or cyclic N) is 1. The summed E-state index contributed by atoms with van der Waals surface area (Å²) in [6.45, 7) is 7.01.